The second kappa shape index (κ2) is 10.5. The molecule has 8 nitrogen and oxygen atoms in total. The van der Waals surface area contributed by atoms with E-state index in [1.807, 2.05) is 37.2 Å². The number of ether oxygens (including phenoxy) is 2. The van der Waals surface area contributed by atoms with Crippen LogP contribution in [0.1, 0.15) is 21.9 Å². The Morgan fingerprint density at radius 3 is 2.50 bits per heavy atom. The van der Waals surface area contributed by atoms with Crippen LogP contribution in [0.4, 0.5) is 5.82 Å². The average Bonchev–Trinajstić information content (AvgIpc) is 2.67. The fourth-order valence-corrected chi connectivity index (χ4v) is 2.63. The number of aryl methyl sites for hydroxylation is 1. The molecule has 2 aromatic rings. The largest absolute Gasteiger partial charge is 0.493 e. The first-order valence-corrected chi connectivity index (χ1v) is 9.16. The summed E-state index contributed by atoms with van der Waals surface area (Å²) >= 11 is 0. The molecule has 0 saturated heterocycles. The standard InChI is InChI=1S/C20H29N5O3/c1-14-23-16(20(26)22-10-11-25(2)3)13-19(24-14)21-9-8-15-6-7-17(27-4)18(12-15)28-5/h6-7,12-13H,8-11H2,1-5H3,(H,22,26)(H,21,23,24). The summed E-state index contributed by atoms with van der Waals surface area (Å²) in [6.45, 7) is 3.77. The third kappa shape index (κ3) is 6.38. The molecule has 1 amide bonds. The van der Waals surface area contributed by atoms with E-state index < -0.39 is 0 Å². The molecule has 0 spiro atoms. The maximum Gasteiger partial charge on any atom is 0.270 e. The van der Waals surface area contributed by atoms with Crippen molar-refractivity contribution in [3.05, 3.63) is 41.3 Å². The van der Waals surface area contributed by atoms with Crippen molar-refractivity contribution in [2.24, 2.45) is 0 Å². The maximum absolute atomic E-state index is 12.3. The number of anilines is 1. The molecule has 0 bridgehead atoms. The topological polar surface area (TPSA) is 88.6 Å². The Hall–Kier alpha value is -2.87. The number of aromatic nitrogens is 2. The molecule has 2 rings (SSSR count). The van der Waals surface area contributed by atoms with E-state index in [2.05, 4.69) is 20.6 Å². The molecule has 8 heteroatoms. The van der Waals surface area contributed by atoms with E-state index in [4.69, 9.17) is 9.47 Å². The van der Waals surface area contributed by atoms with Crippen molar-refractivity contribution in [1.29, 1.82) is 0 Å². The molecule has 28 heavy (non-hydrogen) atoms. The summed E-state index contributed by atoms with van der Waals surface area (Å²) in [6, 6.07) is 7.51. The third-order valence-corrected chi connectivity index (χ3v) is 4.08. The Balaban J connectivity index is 1.95. The van der Waals surface area contributed by atoms with Gasteiger partial charge in [-0.3, -0.25) is 4.79 Å². The Kier molecular flexibility index (Phi) is 8.01. The molecule has 0 aliphatic carbocycles. The molecule has 0 aliphatic heterocycles. The molecular weight excluding hydrogens is 358 g/mol. The van der Waals surface area contributed by atoms with Crippen molar-refractivity contribution in [2.75, 3.05) is 53.3 Å². The van der Waals surface area contributed by atoms with Crippen LogP contribution >= 0.6 is 0 Å². The molecule has 1 heterocycles. The molecule has 152 valence electrons. The van der Waals surface area contributed by atoms with Gasteiger partial charge in [-0.1, -0.05) is 6.07 Å². The van der Waals surface area contributed by atoms with E-state index in [-0.39, 0.29) is 5.91 Å². The first-order valence-electron chi connectivity index (χ1n) is 9.16. The number of hydrogen-bond donors (Lipinski definition) is 2. The van der Waals surface area contributed by atoms with E-state index in [0.717, 1.165) is 18.5 Å². The highest BCUT2D eigenvalue weighted by atomic mass is 16.5. The molecule has 0 unspecified atom stereocenters. The van der Waals surface area contributed by atoms with Gasteiger partial charge >= 0.3 is 0 Å². The third-order valence-electron chi connectivity index (χ3n) is 4.08. The number of nitrogens with one attached hydrogen (secondary N) is 2. The van der Waals surface area contributed by atoms with Crippen LogP contribution in [-0.4, -0.2) is 68.7 Å². The normalized spacial score (nSPS) is 10.6. The molecule has 0 aliphatic rings. The van der Waals surface area contributed by atoms with E-state index >= 15 is 0 Å². The number of benzene rings is 1. The van der Waals surface area contributed by atoms with Gasteiger partial charge in [0.05, 0.1) is 14.2 Å². The fraction of sp³-hybridized carbons (Fsp3) is 0.450. The minimum Gasteiger partial charge on any atom is -0.493 e. The van der Waals surface area contributed by atoms with Crippen molar-refractivity contribution >= 4 is 11.7 Å². The van der Waals surface area contributed by atoms with Gasteiger partial charge in [-0.2, -0.15) is 0 Å². The number of carbonyl (C=O) groups is 1. The predicted molar refractivity (Wildman–Crippen MR) is 109 cm³/mol. The lowest BCUT2D eigenvalue weighted by Crippen LogP contribution is -2.32. The van der Waals surface area contributed by atoms with Crippen LogP contribution in [0.3, 0.4) is 0 Å². The van der Waals surface area contributed by atoms with Gasteiger partial charge < -0.3 is 25.0 Å². The van der Waals surface area contributed by atoms with Crippen LogP contribution < -0.4 is 20.1 Å². The van der Waals surface area contributed by atoms with Crippen LogP contribution in [-0.2, 0) is 6.42 Å². The lowest BCUT2D eigenvalue weighted by molar-refractivity contribution is 0.0945. The van der Waals surface area contributed by atoms with Gasteiger partial charge in [0.15, 0.2) is 11.5 Å². The Bertz CT molecular complexity index is 795. The molecule has 1 aromatic heterocycles. The molecule has 0 radical (unpaired) electrons. The highest BCUT2D eigenvalue weighted by Gasteiger charge is 2.10. The monoisotopic (exact) mass is 387 g/mol. The van der Waals surface area contributed by atoms with Crippen LogP contribution in [0.15, 0.2) is 24.3 Å². The van der Waals surface area contributed by atoms with Crippen LogP contribution in [0, 0.1) is 6.92 Å². The highest BCUT2D eigenvalue weighted by molar-refractivity contribution is 5.92. The quantitative estimate of drug-likeness (QED) is 0.642. The summed E-state index contributed by atoms with van der Waals surface area (Å²) in [6.07, 6.45) is 0.772. The Labute approximate surface area is 166 Å². The van der Waals surface area contributed by atoms with Gasteiger partial charge in [-0.25, -0.2) is 9.97 Å². The number of carbonyl (C=O) groups excluding carboxylic acids is 1. The summed E-state index contributed by atoms with van der Waals surface area (Å²) in [7, 11) is 7.16. The maximum atomic E-state index is 12.3. The van der Waals surface area contributed by atoms with Crippen LogP contribution in [0.5, 0.6) is 11.5 Å². The van der Waals surface area contributed by atoms with Gasteiger partial charge in [-0.15, -0.1) is 0 Å². The summed E-state index contributed by atoms with van der Waals surface area (Å²) in [5, 5.41) is 6.12. The van der Waals surface area contributed by atoms with Gasteiger partial charge in [-0.05, 0) is 45.1 Å². The zero-order valence-electron chi connectivity index (χ0n) is 17.2. The zero-order chi connectivity index (χ0) is 20.5. The molecule has 0 atom stereocenters. The van der Waals surface area contributed by atoms with Crippen molar-refractivity contribution in [3.8, 4) is 11.5 Å². The van der Waals surface area contributed by atoms with Crippen LogP contribution in [0.2, 0.25) is 0 Å². The van der Waals surface area contributed by atoms with Gasteiger partial charge in [0.25, 0.3) is 5.91 Å². The smallest absolute Gasteiger partial charge is 0.270 e. The SMILES string of the molecule is COc1ccc(CCNc2cc(C(=O)NCCN(C)C)nc(C)n2)cc1OC. The minimum atomic E-state index is -0.199. The predicted octanol–water partition coefficient (Wildman–Crippen LogP) is 1.75. The number of hydrogen-bond acceptors (Lipinski definition) is 7. The van der Waals surface area contributed by atoms with Gasteiger partial charge in [0, 0.05) is 25.7 Å². The van der Waals surface area contributed by atoms with E-state index in [0.29, 0.717) is 41.9 Å². The molecule has 0 saturated carbocycles. The van der Waals surface area contributed by atoms with Crippen molar-refractivity contribution in [2.45, 2.75) is 13.3 Å². The van der Waals surface area contributed by atoms with E-state index in [9.17, 15) is 4.79 Å². The lowest BCUT2D eigenvalue weighted by Gasteiger charge is -2.12. The average molecular weight is 387 g/mol. The first kappa shape index (κ1) is 21.4. The minimum absolute atomic E-state index is 0.199. The molecular formula is C20H29N5O3. The summed E-state index contributed by atoms with van der Waals surface area (Å²) < 4.78 is 10.6. The second-order valence-corrected chi connectivity index (χ2v) is 6.61. The summed E-state index contributed by atoms with van der Waals surface area (Å²) in [4.78, 5) is 22.9. The Morgan fingerprint density at radius 1 is 1.07 bits per heavy atom. The summed E-state index contributed by atoms with van der Waals surface area (Å²) in [5.74, 6) is 2.39. The van der Waals surface area contributed by atoms with Crippen molar-refractivity contribution < 1.29 is 14.3 Å². The Morgan fingerprint density at radius 2 is 1.82 bits per heavy atom. The van der Waals surface area contributed by atoms with E-state index in [1.165, 1.54) is 0 Å². The van der Waals surface area contributed by atoms with Gasteiger partial charge in [0.2, 0.25) is 0 Å². The molecule has 2 N–H and O–H groups in total. The van der Waals surface area contributed by atoms with Crippen molar-refractivity contribution in [3.63, 3.8) is 0 Å². The zero-order valence-corrected chi connectivity index (χ0v) is 17.2. The summed E-state index contributed by atoms with van der Waals surface area (Å²) in [5.41, 5.74) is 1.47. The number of amides is 1. The lowest BCUT2D eigenvalue weighted by atomic mass is 10.1. The number of methoxy groups -OCH3 is 2. The van der Waals surface area contributed by atoms with E-state index in [1.54, 1.807) is 27.2 Å². The first-order chi connectivity index (χ1) is 13.4. The number of nitrogens with zero attached hydrogens (tertiary/aromatic N) is 3. The van der Waals surface area contributed by atoms with Gasteiger partial charge in [0.1, 0.15) is 17.3 Å². The van der Waals surface area contributed by atoms with Crippen molar-refractivity contribution in [1.82, 2.24) is 20.2 Å². The molecule has 1 aromatic carbocycles. The molecule has 0 fully saturated rings. The second-order valence-electron chi connectivity index (χ2n) is 6.61. The number of rotatable bonds is 10. The number of likely N-dealkylation sites (N-methyl/N-ethyl adjacent to an activating group) is 1. The highest BCUT2D eigenvalue weighted by Crippen LogP contribution is 2.27. The van der Waals surface area contributed by atoms with Crippen LogP contribution in [0.25, 0.3) is 0 Å². The fourth-order valence-electron chi connectivity index (χ4n) is 2.63.